The van der Waals surface area contributed by atoms with Crippen LogP contribution in [0.4, 0.5) is 0 Å². The summed E-state index contributed by atoms with van der Waals surface area (Å²) in [7, 11) is 0. The van der Waals surface area contributed by atoms with Gasteiger partial charge in [-0.05, 0) is 6.92 Å². The van der Waals surface area contributed by atoms with Crippen molar-refractivity contribution in [1.82, 2.24) is 4.57 Å². The molecule has 1 aromatic rings. The lowest BCUT2D eigenvalue weighted by molar-refractivity contribution is 1.06. The maximum absolute atomic E-state index is 10.6. The number of hydrogen-bond donors (Lipinski definition) is 0. The summed E-state index contributed by atoms with van der Waals surface area (Å²) in [4.78, 5) is 10.6. The molecule has 0 saturated heterocycles. The fourth-order valence-corrected chi connectivity index (χ4v) is 0.667. The van der Waals surface area contributed by atoms with Gasteiger partial charge >= 0.3 is 0 Å². The molecule has 1 heterocycles. The summed E-state index contributed by atoms with van der Waals surface area (Å²) < 4.78 is 1.79. The van der Waals surface area contributed by atoms with Crippen molar-refractivity contribution < 1.29 is 0 Å². The van der Waals surface area contributed by atoms with Gasteiger partial charge in [-0.2, -0.15) is 0 Å². The maximum atomic E-state index is 10.6. The van der Waals surface area contributed by atoms with Gasteiger partial charge in [-0.25, -0.2) is 0 Å². The molecule has 0 saturated carbocycles. The highest BCUT2D eigenvalue weighted by molar-refractivity contribution is 5.37. The first-order valence-corrected chi connectivity index (χ1v) is 3.04. The first kappa shape index (κ1) is 6.81. The van der Waals surface area contributed by atoms with Crippen molar-refractivity contribution in [3.8, 4) is 0 Å². The maximum Gasteiger partial charge on any atom is 0.181 e. The summed E-state index contributed by atoms with van der Waals surface area (Å²) in [5, 5.41) is 0. The van der Waals surface area contributed by atoms with E-state index < -0.39 is 0 Å². The average molecular weight is 135 g/mol. The fraction of sp³-hybridized carbons (Fsp3) is 0.125. The lowest BCUT2D eigenvalue weighted by atomic mass is 10.4. The summed E-state index contributed by atoms with van der Waals surface area (Å²) in [5.41, 5.74) is 0.928. The van der Waals surface area contributed by atoms with E-state index in [1.807, 2.05) is 6.92 Å². The molecule has 0 aliphatic rings. The van der Waals surface area contributed by atoms with E-state index in [9.17, 15) is 4.79 Å². The van der Waals surface area contributed by atoms with Crippen LogP contribution in [0, 0.1) is 0 Å². The zero-order chi connectivity index (χ0) is 7.56. The van der Waals surface area contributed by atoms with Crippen molar-refractivity contribution in [2.75, 3.05) is 0 Å². The topological polar surface area (TPSA) is 22.0 Å². The smallest absolute Gasteiger partial charge is 0.181 e. The van der Waals surface area contributed by atoms with Gasteiger partial charge in [0.15, 0.2) is 5.43 Å². The third kappa shape index (κ3) is 1.35. The van der Waals surface area contributed by atoms with Crippen molar-refractivity contribution in [3.05, 3.63) is 41.3 Å². The Morgan fingerprint density at radius 3 is 2.40 bits per heavy atom. The number of pyridine rings is 1. The highest BCUT2D eigenvalue weighted by atomic mass is 16.1. The number of aromatic nitrogens is 1. The molecule has 0 N–H and O–H groups in total. The lowest BCUT2D eigenvalue weighted by Crippen LogP contribution is -2.00. The molecule has 0 aromatic carbocycles. The van der Waals surface area contributed by atoms with Crippen molar-refractivity contribution >= 4 is 5.70 Å². The molecular formula is C8H9NO. The largest absolute Gasteiger partial charge is 0.328 e. The van der Waals surface area contributed by atoms with Crippen molar-refractivity contribution in [1.29, 1.82) is 0 Å². The standard InChI is InChI=1S/C8H9NO/c1-7(2)9-5-3-8(10)4-6-9/h3-6H,1H2,2H3. The van der Waals surface area contributed by atoms with Gasteiger partial charge in [-0.3, -0.25) is 4.79 Å². The van der Waals surface area contributed by atoms with E-state index in [-0.39, 0.29) is 5.43 Å². The molecule has 52 valence electrons. The van der Waals surface area contributed by atoms with Crippen LogP contribution in [0.2, 0.25) is 0 Å². The van der Waals surface area contributed by atoms with E-state index in [0.717, 1.165) is 5.70 Å². The number of nitrogens with zero attached hydrogens (tertiary/aromatic N) is 1. The molecule has 1 aromatic heterocycles. The van der Waals surface area contributed by atoms with E-state index in [2.05, 4.69) is 6.58 Å². The molecule has 0 unspecified atom stereocenters. The Balaban J connectivity index is 3.12. The van der Waals surface area contributed by atoms with Crippen LogP contribution in [0.25, 0.3) is 5.70 Å². The summed E-state index contributed by atoms with van der Waals surface area (Å²) >= 11 is 0. The zero-order valence-corrected chi connectivity index (χ0v) is 5.87. The van der Waals surface area contributed by atoms with Crippen molar-refractivity contribution in [3.63, 3.8) is 0 Å². The van der Waals surface area contributed by atoms with E-state index in [0.29, 0.717) is 0 Å². The van der Waals surface area contributed by atoms with Crippen LogP contribution in [0.5, 0.6) is 0 Å². The van der Waals surface area contributed by atoms with Gasteiger partial charge in [-0.15, -0.1) is 0 Å². The van der Waals surface area contributed by atoms with Crippen molar-refractivity contribution in [2.24, 2.45) is 0 Å². The van der Waals surface area contributed by atoms with Crippen LogP contribution in [0.1, 0.15) is 6.92 Å². The van der Waals surface area contributed by atoms with Gasteiger partial charge in [0, 0.05) is 30.2 Å². The monoisotopic (exact) mass is 135 g/mol. The van der Waals surface area contributed by atoms with Gasteiger partial charge in [0.2, 0.25) is 0 Å². The Morgan fingerprint density at radius 1 is 1.50 bits per heavy atom. The Bertz CT molecular complexity index is 278. The normalized spacial score (nSPS) is 9.30. The summed E-state index contributed by atoms with van der Waals surface area (Å²) in [5.74, 6) is 0. The van der Waals surface area contributed by atoms with Crippen LogP contribution in [0.3, 0.4) is 0 Å². The molecule has 0 aliphatic heterocycles. The molecule has 0 atom stereocenters. The van der Waals surface area contributed by atoms with Gasteiger partial charge in [-0.1, -0.05) is 6.58 Å². The van der Waals surface area contributed by atoms with Gasteiger partial charge in [0.05, 0.1) is 0 Å². The molecule has 0 bridgehead atoms. The third-order valence-electron chi connectivity index (χ3n) is 1.24. The molecule has 0 amide bonds. The van der Waals surface area contributed by atoms with Gasteiger partial charge in [0.25, 0.3) is 0 Å². The second-order valence-electron chi connectivity index (χ2n) is 2.18. The fourth-order valence-electron chi connectivity index (χ4n) is 0.667. The molecule has 10 heavy (non-hydrogen) atoms. The molecular weight excluding hydrogens is 126 g/mol. The predicted octanol–water partition coefficient (Wildman–Crippen LogP) is 1.34. The van der Waals surface area contributed by atoms with E-state index in [1.165, 1.54) is 12.1 Å². The van der Waals surface area contributed by atoms with Crippen LogP contribution >= 0.6 is 0 Å². The molecule has 0 radical (unpaired) electrons. The Morgan fingerprint density at radius 2 is 2.00 bits per heavy atom. The minimum Gasteiger partial charge on any atom is -0.328 e. The highest BCUT2D eigenvalue weighted by Crippen LogP contribution is 1.94. The summed E-state index contributed by atoms with van der Waals surface area (Å²) in [6.45, 7) is 5.60. The van der Waals surface area contributed by atoms with Crippen LogP contribution in [0.15, 0.2) is 35.9 Å². The average Bonchev–Trinajstić information content (AvgIpc) is 1.88. The van der Waals surface area contributed by atoms with Crippen LogP contribution in [-0.4, -0.2) is 4.57 Å². The van der Waals surface area contributed by atoms with Crippen molar-refractivity contribution in [2.45, 2.75) is 6.92 Å². The minimum atomic E-state index is 0.0255. The Labute approximate surface area is 59.4 Å². The Hall–Kier alpha value is -1.31. The minimum absolute atomic E-state index is 0.0255. The quantitative estimate of drug-likeness (QED) is 0.569. The Kier molecular flexibility index (Phi) is 1.71. The highest BCUT2D eigenvalue weighted by Gasteiger charge is 1.85. The predicted molar refractivity (Wildman–Crippen MR) is 41.7 cm³/mol. The molecule has 1 rings (SSSR count). The van der Waals surface area contributed by atoms with Crippen LogP contribution < -0.4 is 5.43 Å². The number of allylic oxidation sites excluding steroid dienone is 1. The molecule has 2 nitrogen and oxygen atoms in total. The SMILES string of the molecule is C=C(C)n1ccc(=O)cc1. The second-order valence-corrected chi connectivity index (χ2v) is 2.18. The van der Waals surface area contributed by atoms with E-state index in [4.69, 9.17) is 0 Å². The number of rotatable bonds is 1. The first-order valence-electron chi connectivity index (χ1n) is 3.04. The second kappa shape index (κ2) is 2.52. The molecule has 0 aliphatic carbocycles. The first-order chi connectivity index (χ1) is 4.70. The van der Waals surface area contributed by atoms with Gasteiger partial charge in [0.1, 0.15) is 0 Å². The summed E-state index contributed by atoms with van der Waals surface area (Å²) in [6, 6.07) is 3.02. The van der Waals surface area contributed by atoms with E-state index >= 15 is 0 Å². The van der Waals surface area contributed by atoms with Gasteiger partial charge < -0.3 is 4.57 Å². The molecule has 2 heteroatoms. The molecule has 0 fully saturated rings. The van der Waals surface area contributed by atoms with Crippen LogP contribution in [-0.2, 0) is 0 Å². The molecule has 0 spiro atoms. The zero-order valence-electron chi connectivity index (χ0n) is 5.87. The van der Waals surface area contributed by atoms with E-state index in [1.54, 1.807) is 17.0 Å². The lowest BCUT2D eigenvalue weighted by Gasteiger charge is -2.01. The number of hydrogen-bond acceptors (Lipinski definition) is 1. The summed E-state index contributed by atoms with van der Waals surface area (Å²) in [6.07, 6.45) is 3.40. The third-order valence-corrected chi connectivity index (χ3v) is 1.24.